The largest absolute Gasteiger partial charge is 0.326 e. The lowest BCUT2D eigenvalue weighted by molar-refractivity contribution is -0.119. The van der Waals surface area contributed by atoms with E-state index in [-0.39, 0.29) is 17.7 Å². The van der Waals surface area contributed by atoms with Crippen LogP contribution in [0.15, 0.2) is 18.2 Å². The van der Waals surface area contributed by atoms with Gasteiger partial charge in [-0.2, -0.15) is 0 Å². The molecule has 2 amide bonds. The number of nitrogens with zero attached hydrogens (tertiary/aromatic N) is 1. The quantitative estimate of drug-likeness (QED) is 0.777. The summed E-state index contributed by atoms with van der Waals surface area (Å²) in [6, 6.07) is 5.70. The summed E-state index contributed by atoms with van der Waals surface area (Å²) in [5, 5.41) is 6.06. The van der Waals surface area contributed by atoms with E-state index in [9.17, 15) is 9.59 Å². The molecule has 2 aliphatic rings. The molecular formula is C21H31N3O2. The molecule has 0 atom stereocenters. The van der Waals surface area contributed by atoms with E-state index in [1.54, 1.807) is 0 Å². The molecule has 0 spiro atoms. The second-order valence-electron chi connectivity index (χ2n) is 7.65. The van der Waals surface area contributed by atoms with E-state index < -0.39 is 0 Å². The fraction of sp³-hybridized carbons (Fsp3) is 0.619. The Labute approximate surface area is 156 Å². The normalized spacial score (nSPS) is 18.2. The third kappa shape index (κ3) is 5.07. The number of hydrogen-bond acceptors (Lipinski definition) is 3. The summed E-state index contributed by atoms with van der Waals surface area (Å²) in [5.41, 5.74) is 2.52. The van der Waals surface area contributed by atoms with Gasteiger partial charge in [0, 0.05) is 23.7 Å². The number of amides is 2. The van der Waals surface area contributed by atoms with Crippen LogP contribution >= 0.6 is 0 Å². The van der Waals surface area contributed by atoms with Crippen LogP contribution in [0, 0.1) is 12.8 Å². The monoisotopic (exact) mass is 357 g/mol. The molecule has 3 rings (SSSR count). The number of hydrogen-bond donors (Lipinski definition) is 2. The zero-order valence-corrected chi connectivity index (χ0v) is 15.9. The number of anilines is 2. The van der Waals surface area contributed by atoms with Crippen molar-refractivity contribution >= 4 is 23.2 Å². The molecule has 0 radical (unpaired) electrons. The maximum Gasteiger partial charge on any atom is 0.227 e. The lowest BCUT2D eigenvalue weighted by Gasteiger charge is -2.16. The van der Waals surface area contributed by atoms with Crippen molar-refractivity contribution in [2.75, 3.05) is 30.3 Å². The zero-order valence-electron chi connectivity index (χ0n) is 15.9. The summed E-state index contributed by atoms with van der Waals surface area (Å²) >= 11 is 0. The van der Waals surface area contributed by atoms with Crippen LogP contribution in [0.5, 0.6) is 0 Å². The Morgan fingerprint density at radius 1 is 1.04 bits per heavy atom. The molecule has 0 unspecified atom stereocenters. The molecule has 1 saturated heterocycles. The average molecular weight is 357 g/mol. The predicted octanol–water partition coefficient (Wildman–Crippen LogP) is 3.94. The Hall–Kier alpha value is -1.88. The highest BCUT2D eigenvalue weighted by Gasteiger charge is 2.23. The molecule has 26 heavy (non-hydrogen) atoms. The van der Waals surface area contributed by atoms with Crippen molar-refractivity contribution in [3.8, 4) is 0 Å². The highest BCUT2D eigenvalue weighted by atomic mass is 16.2. The van der Waals surface area contributed by atoms with Gasteiger partial charge in [-0.25, -0.2) is 0 Å². The molecule has 1 aromatic rings. The summed E-state index contributed by atoms with van der Waals surface area (Å²) in [4.78, 5) is 27.1. The standard InChI is InChI=1S/C21H31N3O2/c1-16-18(22-20(25)12-7-15-24-13-4-5-14-24)10-6-11-19(16)23-21(26)17-8-2-3-9-17/h6,10-11,17H,2-5,7-9,12-15H2,1H3,(H,22,25)(H,23,26). The topological polar surface area (TPSA) is 61.4 Å². The fourth-order valence-corrected chi connectivity index (χ4v) is 4.01. The smallest absolute Gasteiger partial charge is 0.227 e. The first-order chi connectivity index (χ1) is 12.6. The highest BCUT2D eigenvalue weighted by molar-refractivity contribution is 5.96. The number of carbonyl (C=O) groups excluding carboxylic acids is 2. The van der Waals surface area contributed by atoms with Gasteiger partial charge in [-0.1, -0.05) is 18.9 Å². The Balaban J connectivity index is 1.50. The van der Waals surface area contributed by atoms with Gasteiger partial charge >= 0.3 is 0 Å². The van der Waals surface area contributed by atoms with Crippen molar-refractivity contribution in [1.29, 1.82) is 0 Å². The summed E-state index contributed by atoms with van der Waals surface area (Å²) in [7, 11) is 0. The minimum Gasteiger partial charge on any atom is -0.326 e. The van der Waals surface area contributed by atoms with Crippen LogP contribution in [0.3, 0.4) is 0 Å². The molecule has 1 aliphatic heterocycles. The van der Waals surface area contributed by atoms with Crippen LogP contribution < -0.4 is 10.6 Å². The second-order valence-corrected chi connectivity index (χ2v) is 7.65. The van der Waals surface area contributed by atoms with Crippen molar-refractivity contribution in [1.82, 2.24) is 4.90 Å². The number of benzene rings is 1. The third-order valence-corrected chi connectivity index (χ3v) is 5.67. The van der Waals surface area contributed by atoms with Gasteiger partial charge < -0.3 is 15.5 Å². The molecule has 0 aromatic heterocycles. The van der Waals surface area contributed by atoms with E-state index >= 15 is 0 Å². The van der Waals surface area contributed by atoms with Crippen LogP contribution in [0.4, 0.5) is 11.4 Å². The molecule has 1 aliphatic carbocycles. The van der Waals surface area contributed by atoms with E-state index in [0.29, 0.717) is 6.42 Å². The minimum absolute atomic E-state index is 0.0477. The molecule has 0 bridgehead atoms. The Bertz CT molecular complexity index is 632. The van der Waals surface area contributed by atoms with Crippen molar-refractivity contribution in [2.45, 2.75) is 58.3 Å². The maximum atomic E-state index is 12.4. The minimum atomic E-state index is 0.0477. The van der Waals surface area contributed by atoms with Crippen molar-refractivity contribution in [3.63, 3.8) is 0 Å². The molecule has 5 heteroatoms. The first-order valence-corrected chi connectivity index (χ1v) is 10.1. The number of carbonyl (C=O) groups is 2. The molecule has 1 aromatic carbocycles. The molecule has 5 nitrogen and oxygen atoms in total. The van der Waals surface area contributed by atoms with Gasteiger partial charge in [0.2, 0.25) is 11.8 Å². The van der Waals surface area contributed by atoms with Gasteiger partial charge in [0.1, 0.15) is 0 Å². The average Bonchev–Trinajstić information content (AvgIpc) is 3.32. The predicted molar refractivity (Wildman–Crippen MR) is 105 cm³/mol. The molecule has 1 heterocycles. The Morgan fingerprint density at radius 2 is 1.69 bits per heavy atom. The third-order valence-electron chi connectivity index (χ3n) is 5.67. The van der Waals surface area contributed by atoms with Crippen molar-refractivity contribution in [2.24, 2.45) is 5.92 Å². The van der Waals surface area contributed by atoms with Crippen molar-refractivity contribution < 1.29 is 9.59 Å². The summed E-state index contributed by atoms with van der Waals surface area (Å²) in [6.45, 7) is 5.29. The van der Waals surface area contributed by atoms with Crippen LogP contribution in [0.1, 0.15) is 56.9 Å². The zero-order chi connectivity index (χ0) is 18.4. The second kappa shape index (κ2) is 9.17. The first kappa shape index (κ1) is 18.9. The Kier molecular flexibility index (Phi) is 6.67. The van der Waals surface area contributed by atoms with Gasteiger partial charge in [-0.05, 0) is 76.4 Å². The maximum absolute atomic E-state index is 12.4. The van der Waals surface area contributed by atoms with Gasteiger partial charge in [0.05, 0.1) is 0 Å². The molecule has 2 fully saturated rings. The molecular weight excluding hydrogens is 326 g/mol. The molecule has 142 valence electrons. The van der Waals surface area contributed by atoms with E-state index in [2.05, 4.69) is 15.5 Å². The van der Waals surface area contributed by atoms with E-state index in [0.717, 1.165) is 55.6 Å². The summed E-state index contributed by atoms with van der Waals surface area (Å²) in [6.07, 6.45) is 8.25. The van der Waals surface area contributed by atoms with Gasteiger partial charge in [-0.3, -0.25) is 9.59 Å². The van der Waals surface area contributed by atoms with Crippen LogP contribution in [-0.2, 0) is 9.59 Å². The van der Waals surface area contributed by atoms with Crippen molar-refractivity contribution in [3.05, 3.63) is 23.8 Å². The number of nitrogens with one attached hydrogen (secondary N) is 2. The van der Waals surface area contributed by atoms with Gasteiger partial charge in [-0.15, -0.1) is 0 Å². The number of likely N-dealkylation sites (tertiary alicyclic amines) is 1. The lowest BCUT2D eigenvalue weighted by atomic mass is 10.1. The Morgan fingerprint density at radius 3 is 2.38 bits per heavy atom. The van der Waals surface area contributed by atoms with Crippen LogP contribution in [0.2, 0.25) is 0 Å². The van der Waals surface area contributed by atoms with E-state index in [1.165, 1.54) is 25.9 Å². The fourth-order valence-electron chi connectivity index (χ4n) is 4.01. The van der Waals surface area contributed by atoms with Crippen LogP contribution in [0.25, 0.3) is 0 Å². The van der Waals surface area contributed by atoms with Gasteiger partial charge in [0.25, 0.3) is 0 Å². The highest BCUT2D eigenvalue weighted by Crippen LogP contribution is 2.28. The van der Waals surface area contributed by atoms with E-state index in [1.807, 2.05) is 25.1 Å². The molecule has 1 saturated carbocycles. The van der Waals surface area contributed by atoms with E-state index in [4.69, 9.17) is 0 Å². The number of rotatable bonds is 7. The summed E-state index contributed by atoms with van der Waals surface area (Å²) < 4.78 is 0. The summed E-state index contributed by atoms with van der Waals surface area (Å²) in [5.74, 6) is 0.296. The van der Waals surface area contributed by atoms with Gasteiger partial charge in [0.15, 0.2) is 0 Å². The van der Waals surface area contributed by atoms with Crippen LogP contribution in [-0.4, -0.2) is 36.3 Å². The SMILES string of the molecule is Cc1c(NC(=O)CCCN2CCCC2)cccc1NC(=O)C1CCCC1. The lowest BCUT2D eigenvalue weighted by Crippen LogP contribution is -2.22. The molecule has 2 N–H and O–H groups in total. The first-order valence-electron chi connectivity index (χ1n) is 10.1.